The van der Waals surface area contributed by atoms with Gasteiger partial charge in [-0.3, -0.25) is 4.98 Å². The molecule has 3 aromatic heterocycles. The number of pyridine rings is 2. The van der Waals surface area contributed by atoms with Crippen molar-refractivity contribution in [2.75, 3.05) is 20.4 Å². The Balaban J connectivity index is 2.09. The number of methoxy groups -OCH3 is 1. The molecule has 4 nitrogen and oxygen atoms in total. The number of alkyl halides is 1. The van der Waals surface area contributed by atoms with E-state index in [1.807, 2.05) is 30.8 Å². The second-order valence-corrected chi connectivity index (χ2v) is 7.13. The van der Waals surface area contributed by atoms with Crippen LogP contribution in [0.4, 0.5) is 4.39 Å². The van der Waals surface area contributed by atoms with Crippen LogP contribution in [0.5, 0.6) is 0 Å². The summed E-state index contributed by atoms with van der Waals surface area (Å²) >= 11 is 0. The number of rotatable bonds is 6. The van der Waals surface area contributed by atoms with Crippen LogP contribution in [0.15, 0.2) is 30.6 Å². The number of halogens is 1. The largest absolute Gasteiger partial charge is 0.382 e. The number of hydrogen-bond acceptors (Lipinski definition) is 3. The van der Waals surface area contributed by atoms with Crippen molar-refractivity contribution in [2.45, 2.75) is 39.7 Å². The maximum Gasteiger partial charge on any atom is 0.112 e. The molecule has 0 saturated heterocycles. The molecule has 0 unspecified atom stereocenters. The van der Waals surface area contributed by atoms with E-state index in [2.05, 4.69) is 37.0 Å². The number of hydrogen-bond donors (Lipinski definition) is 0. The van der Waals surface area contributed by atoms with Crippen LogP contribution in [0, 0.1) is 13.8 Å². The molecule has 0 saturated carbocycles. The summed E-state index contributed by atoms with van der Waals surface area (Å²) in [4.78, 5) is 9.45. The summed E-state index contributed by atoms with van der Waals surface area (Å²) in [6, 6.07) is 5.88. The predicted molar refractivity (Wildman–Crippen MR) is 103 cm³/mol. The van der Waals surface area contributed by atoms with E-state index in [0.717, 1.165) is 39.1 Å². The van der Waals surface area contributed by atoms with Crippen LogP contribution >= 0.6 is 0 Å². The topological polar surface area (TPSA) is 39.9 Å². The standard InChI is InChI=1S/C21H26FN3O/c1-13(2)18-7-6-16(10-23-18)20-14(3)8-19-21(24-20)15(4)11-25(19)17(9-22)12-26-5/h6-8,10-11,13,17H,9,12H2,1-5H3/t17-/m0/s1. The highest BCUT2D eigenvalue weighted by Gasteiger charge is 2.18. The lowest BCUT2D eigenvalue weighted by Crippen LogP contribution is -2.15. The monoisotopic (exact) mass is 355 g/mol. The molecule has 0 bridgehead atoms. The lowest BCUT2D eigenvalue weighted by atomic mass is 10.0. The average molecular weight is 355 g/mol. The summed E-state index contributed by atoms with van der Waals surface area (Å²) in [5.41, 5.74) is 6.90. The van der Waals surface area contributed by atoms with E-state index in [0.29, 0.717) is 12.5 Å². The molecular formula is C21H26FN3O. The van der Waals surface area contributed by atoms with Crippen LogP contribution < -0.4 is 0 Å². The highest BCUT2D eigenvalue weighted by molar-refractivity contribution is 5.84. The van der Waals surface area contributed by atoms with Gasteiger partial charge in [-0.25, -0.2) is 9.37 Å². The molecule has 5 heteroatoms. The van der Waals surface area contributed by atoms with Crippen molar-refractivity contribution in [2.24, 2.45) is 0 Å². The minimum Gasteiger partial charge on any atom is -0.382 e. The normalized spacial score (nSPS) is 12.9. The van der Waals surface area contributed by atoms with E-state index in [9.17, 15) is 4.39 Å². The number of nitrogens with zero attached hydrogens (tertiary/aromatic N) is 3. The van der Waals surface area contributed by atoms with E-state index >= 15 is 0 Å². The minimum atomic E-state index is -0.474. The maximum absolute atomic E-state index is 13.5. The summed E-state index contributed by atoms with van der Waals surface area (Å²) in [5.74, 6) is 0.398. The van der Waals surface area contributed by atoms with E-state index < -0.39 is 6.67 Å². The molecule has 138 valence electrons. The zero-order valence-electron chi connectivity index (χ0n) is 16.1. The Bertz CT molecular complexity index is 900. The molecule has 0 aliphatic heterocycles. The van der Waals surface area contributed by atoms with Gasteiger partial charge in [0, 0.05) is 30.8 Å². The molecule has 0 aromatic carbocycles. The van der Waals surface area contributed by atoms with Crippen LogP contribution in [-0.2, 0) is 4.74 Å². The number of fused-ring (bicyclic) bond motifs is 1. The molecule has 0 spiro atoms. The quantitative estimate of drug-likeness (QED) is 0.625. The van der Waals surface area contributed by atoms with Gasteiger partial charge >= 0.3 is 0 Å². The molecule has 0 fully saturated rings. The van der Waals surface area contributed by atoms with Crippen molar-refractivity contribution in [1.82, 2.24) is 14.5 Å². The van der Waals surface area contributed by atoms with Crippen molar-refractivity contribution in [1.29, 1.82) is 0 Å². The molecule has 0 radical (unpaired) electrons. The first kappa shape index (κ1) is 18.5. The molecular weight excluding hydrogens is 329 g/mol. The Morgan fingerprint density at radius 1 is 1.19 bits per heavy atom. The SMILES string of the molecule is COC[C@H](CF)n1cc(C)c2nc(-c3ccc(C(C)C)nc3)c(C)cc21. The molecule has 0 aliphatic carbocycles. The molecule has 0 amide bonds. The minimum absolute atomic E-state index is 0.334. The Kier molecular flexibility index (Phi) is 5.37. The fraction of sp³-hybridized carbons (Fsp3) is 0.429. The zero-order chi connectivity index (χ0) is 18.8. The Labute approximate surface area is 154 Å². The Morgan fingerprint density at radius 3 is 2.54 bits per heavy atom. The van der Waals surface area contributed by atoms with Gasteiger partial charge in [-0.1, -0.05) is 13.8 Å². The smallest absolute Gasteiger partial charge is 0.112 e. The zero-order valence-corrected chi connectivity index (χ0v) is 16.1. The summed E-state index contributed by atoms with van der Waals surface area (Å²) < 4.78 is 20.6. The van der Waals surface area contributed by atoms with Crippen molar-refractivity contribution in [3.63, 3.8) is 0 Å². The van der Waals surface area contributed by atoms with Gasteiger partial charge < -0.3 is 9.30 Å². The third-order valence-electron chi connectivity index (χ3n) is 4.76. The van der Waals surface area contributed by atoms with Crippen LogP contribution in [0.1, 0.15) is 42.6 Å². The summed E-state index contributed by atoms with van der Waals surface area (Å²) in [6.45, 7) is 8.16. The average Bonchev–Trinajstić information content (AvgIpc) is 2.94. The van der Waals surface area contributed by atoms with Gasteiger partial charge in [-0.15, -0.1) is 0 Å². The van der Waals surface area contributed by atoms with Gasteiger partial charge in [-0.2, -0.15) is 0 Å². The van der Waals surface area contributed by atoms with Gasteiger partial charge in [0.05, 0.1) is 29.4 Å². The van der Waals surface area contributed by atoms with E-state index in [1.54, 1.807) is 7.11 Å². The van der Waals surface area contributed by atoms with E-state index in [-0.39, 0.29) is 6.04 Å². The second kappa shape index (κ2) is 7.54. The number of aryl methyl sites for hydroxylation is 2. The highest BCUT2D eigenvalue weighted by atomic mass is 19.1. The van der Waals surface area contributed by atoms with Gasteiger partial charge in [0.2, 0.25) is 0 Å². The summed E-state index contributed by atoms with van der Waals surface area (Å²) in [6.07, 6.45) is 3.85. The van der Waals surface area contributed by atoms with Gasteiger partial charge in [0.1, 0.15) is 6.67 Å². The van der Waals surface area contributed by atoms with Crippen LogP contribution in [0.3, 0.4) is 0 Å². The van der Waals surface area contributed by atoms with Crippen molar-refractivity contribution < 1.29 is 9.13 Å². The first-order valence-corrected chi connectivity index (χ1v) is 8.96. The third kappa shape index (κ3) is 3.36. The van der Waals surface area contributed by atoms with Gasteiger partial charge in [0.15, 0.2) is 0 Å². The molecule has 3 rings (SSSR count). The van der Waals surface area contributed by atoms with Crippen molar-refractivity contribution in [3.05, 3.63) is 47.4 Å². The van der Waals surface area contributed by atoms with Gasteiger partial charge in [0.25, 0.3) is 0 Å². The first-order chi connectivity index (χ1) is 12.5. The summed E-state index contributed by atoms with van der Waals surface area (Å²) in [5, 5.41) is 0. The van der Waals surface area contributed by atoms with Crippen LogP contribution in [0.25, 0.3) is 22.3 Å². The molecule has 0 N–H and O–H groups in total. The van der Waals surface area contributed by atoms with Crippen molar-refractivity contribution >= 4 is 11.0 Å². The van der Waals surface area contributed by atoms with E-state index in [4.69, 9.17) is 9.72 Å². The molecule has 3 aromatic rings. The molecule has 26 heavy (non-hydrogen) atoms. The maximum atomic E-state index is 13.5. The van der Waals surface area contributed by atoms with Gasteiger partial charge in [-0.05, 0) is 49.1 Å². The van der Waals surface area contributed by atoms with Crippen molar-refractivity contribution in [3.8, 4) is 11.3 Å². The fourth-order valence-corrected chi connectivity index (χ4v) is 3.30. The Hall–Kier alpha value is -2.27. The lowest BCUT2D eigenvalue weighted by Gasteiger charge is -2.16. The third-order valence-corrected chi connectivity index (χ3v) is 4.76. The van der Waals surface area contributed by atoms with E-state index in [1.165, 1.54) is 0 Å². The first-order valence-electron chi connectivity index (χ1n) is 8.96. The molecule has 1 atom stereocenters. The van der Waals surface area contributed by atoms with Crippen LogP contribution in [0.2, 0.25) is 0 Å². The molecule has 0 aliphatic rings. The number of ether oxygens (including phenoxy) is 1. The van der Waals surface area contributed by atoms with Crippen LogP contribution in [-0.4, -0.2) is 34.9 Å². The second-order valence-electron chi connectivity index (χ2n) is 7.13. The summed E-state index contributed by atoms with van der Waals surface area (Å²) in [7, 11) is 1.59. The predicted octanol–water partition coefficient (Wildman–Crippen LogP) is 5.00. The number of aromatic nitrogens is 3. The fourth-order valence-electron chi connectivity index (χ4n) is 3.30. The molecule has 3 heterocycles. The highest BCUT2D eigenvalue weighted by Crippen LogP contribution is 2.30. The lowest BCUT2D eigenvalue weighted by molar-refractivity contribution is 0.142. The Morgan fingerprint density at radius 2 is 1.96 bits per heavy atom.